The molecular weight excluding hydrogens is 241 g/mol. The third-order valence-electron chi connectivity index (χ3n) is 2.21. The minimum atomic E-state index is -0.833. The monoisotopic (exact) mass is 255 g/mol. The van der Waals surface area contributed by atoms with E-state index in [0.29, 0.717) is 11.3 Å². The van der Waals surface area contributed by atoms with Crippen LogP contribution in [0.2, 0.25) is 0 Å². The first-order chi connectivity index (χ1) is 8.43. The van der Waals surface area contributed by atoms with E-state index in [9.17, 15) is 14.0 Å². The highest BCUT2D eigenvalue weighted by Gasteiger charge is 2.14. The highest BCUT2D eigenvalue weighted by Crippen LogP contribution is 2.16. The number of esters is 1. The zero-order valence-corrected chi connectivity index (χ0v) is 10.1. The average molecular weight is 255 g/mol. The molecule has 0 spiro atoms. The van der Waals surface area contributed by atoms with Gasteiger partial charge in [0.05, 0.1) is 12.8 Å². The summed E-state index contributed by atoms with van der Waals surface area (Å²) in [5, 5.41) is 1.18. The summed E-state index contributed by atoms with van der Waals surface area (Å²) in [4.78, 5) is 22.0. The number of hydrazine groups is 1. The SMILES string of the molecule is COC(=O)CN(NC(N)=O)c1ccc(F)c(C)c1. The molecule has 0 aliphatic carbocycles. The molecule has 98 valence electrons. The number of nitrogens with one attached hydrogen (secondary N) is 1. The maximum Gasteiger partial charge on any atom is 0.330 e. The molecule has 0 bridgehead atoms. The van der Waals surface area contributed by atoms with E-state index in [-0.39, 0.29) is 12.4 Å². The fourth-order valence-electron chi connectivity index (χ4n) is 1.32. The lowest BCUT2D eigenvalue weighted by Gasteiger charge is -2.23. The van der Waals surface area contributed by atoms with Gasteiger partial charge in [0.15, 0.2) is 0 Å². The second kappa shape index (κ2) is 5.85. The number of amides is 2. The minimum Gasteiger partial charge on any atom is -0.468 e. The van der Waals surface area contributed by atoms with Crippen molar-refractivity contribution in [3.05, 3.63) is 29.6 Å². The molecular formula is C11H14FN3O3. The van der Waals surface area contributed by atoms with E-state index in [4.69, 9.17) is 5.73 Å². The molecule has 1 aromatic rings. The van der Waals surface area contributed by atoms with Gasteiger partial charge in [-0.25, -0.2) is 14.6 Å². The van der Waals surface area contributed by atoms with Crippen molar-refractivity contribution < 1.29 is 18.7 Å². The summed E-state index contributed by atoms with van der Waals surface area (Å²) >= 11 is 0. The maximum absolute atomic E-state index is 13.1. The predicted octanol–water partition coefficient (Wildman–Crippen LogP) is 0.697. The van der Waals surface area contributed by atoms with Crippen LogP contribution in [0, 0.1) is 12.7 Å². The molecule has 7 heteroatoms. The van der Waals surface area contributed by atoms with Gasteiger partial charge in [0.1, 0.15) is 12.4 Å². The first kappa shape index (κ1) is 13.8. The van der Waals surface area contributed by atoms with Gasteiger partial charge in [-0.3, -0.25) is 9.80 Å². The van der Waals surface area contributed by atoms with Gasteiger partial charge in [-0.05, 0) is 30.7 Å². The number of urea groups is 1. The lowest BCUT2D eigenvalue weighted by molar-refractivity contribution is -0.139. The Bertz CT molecular complexity index is 465. The number of hydrogen-bond acceptors (Lipinski definition) is 4. The van der Waals surface area contributed by atoms with Crippen LogP contribution in [0.4, 0.5) is 14.9 Å². The molecule has 0 fully saturated rings. The molecule has 0 atom stereocenters. The van der Waals surface area contributed by atoms with Gasteiger partial charge < -0.3 is 10.5 Å². The molecule has 0 saturated heterocycles. The summed E-state index contributed by atoms with van der Waals surface area (Å²) in [6.45, 7) is 1.34. The first-order valence-electron chi connectivity index (χ1n) is 5.10. The van der Waals surface area contributed by atoms with Crippen LogP contribution in [0.15, 0.2) is 18.2 Å². The number of rotatable bonds is 4. The summed E-state index contributed by atoms with van der Waals surface area (Å²) < 4.78 is 17.6. The van der Waals surface area contributed by atoms with Crippen molar-refractivity contribution in [1.82, 2.24) is 5.43 Å². The predicted molar refractivity (Wildman–Crippen MR) is 63.2 cm³/mol. The Morgan fingerprint density at radius 3 is 2.67 bits per heavy atom. The first-order valence-corrected chi connectivity index (χ1v) is 5.10. The molecule has 6 nitrogen and oxygen atoms in total. The molecule has 0 saturated carbocycles. The van der Waals surface area contributed by atoms with Crippen LogP contribution in [0.3, 0.4) is 0 Å². The third-order valence-corrected chi connectivity index (χ3v) is 2.21. The van der Waals surface area contributed by atoms with Gasteiger partial charge in [-0.15, -0.1) is 0 Å². The van der Waals surface area contributed by atoms with Crippen LogP contribution >= 0.6 is 0 Å². The molecule has 1 rings (SSSR count). The Balaban J connectivity index is 2.96. The van der Waals surface area contributed by atoms with Gasteiger partial charge in [-0.1, -0.05) is 0 Å². The topological polar surface area (TPSA) is 84.7 Å². The largest absolute Gasteiger partial charge is 0.468 e. The van der Waals surface area contributed by atoms with E-state index >= 15 is 0 Å². The fraction of sp³-hybridized carbons (Fsp3) is 0.273. The number of halogens is 1. The van der Waals surface area contributed by atoms with Crippen molar-refractivity contribution >= 4 is 17.7 Å². The molecule has 0 aliphatic rings. The summed E-state index contributed by atoms with van der Waals surface area (Å²) in [5.41, 5.74) is 8.07. The average Bonchev–Trinajstić information content (AvgIpc) is 2.31. The lowest BCUT2D eigenvalue weighted by atomic mass is 10.2. The van der Waals surface area contributed by atoms with Crippen molar-refractivity contribution in [2.24, 2.45) is 5.73 Å². The number of aryl methyl sites for hydroxylation is 1. The molecule has 0 unspecified atom stereocenters. The molecule has 18 heavy (non-hydrogen) atoms. The van der Waals surface area contributed by atoms with Crippen molar-refractivity contribution in [1.29, 1.82) is 0 Å². The number of carbonyl (C=O) groups is 2. The van der Waals surface area contributed by atoms with Gasteiger partial charge in [0.25, 0.3) is 0 Å². The van der Waals surface area contributed by atoms with Crippen LogP contribution in [-0.4, -0.2) is 25.7 Å². The van der Waals surface area contributed by atoms with E-state index < -0.39 is 12.0 Å². The summed E-state index contributed by atoms with van der Waals surface area (Å²) in [5.74, 6) is -0.943. The Labute approximate surface area is 103 Å². The number of benzene rings is 1. The quantitative estimate of drug-likeness (QED) is 0.612. The van der Waals surface area contributed by atoms with Crippen LogP contribution < -0.4 is 16.2 Å². The highest BCUT2D eigenvalue weighted by atomic mass is 19.1. The number of anilines is 1. The molecule has 1 aromatic carbocycles. The van der Waals surface area contributed by atoms with Crippen LogP contribution in [-0.2, 0) is 9.53 Å². The van der Waals surface area contributed by atoms with Crippen LogP contribution in [0.25, 0.3) is 0 Å². The van der Waals surface area contributed by atoms with Crippen LogP contribution in [0.1, 0.15) is 5.56 Å². The third kappa shape index (κ3) is 3.62. The van der Waals surface area contributed by atoms with Crippen molar-refractivity contribution in [3.63, 3.8) is 0 Å². The lowest BCUT2D eigenvalue weighted by Crippen LogP contribution is -2.48. The smallest absolute Gasteiger partial charge is 0.330 e. The standard InChI is InChI=1S/C11H14FN3O3/c1-7-5-8(3-4-9(7)12)15(14-11(13)17)6-10(16)18-2/h3-5H,6H2,1-2H3,(H3,13,14,17). The van der Waals surface area contributed by atoms with Gasteiger partial charge in [0, 0.05) is 0 Å². The second-order valence-corrected chi connectivity index (χ2v) is 3.57. The van der Waals surface area contributed by atoms with Gasteiger partial charge >= 0.3 is 12.0 Å². The number of ether oxygens (including phenoxy) is 1. The van der Waals surface area contributed by atoms with E-state index in [1.165, 1.54) is 30.3 Å². The number of nitrogens with two attached hydrogens (primary N) is 1. The number of methoxy groups -OCH3 is 1. The molecule has 2 amide bonds. The van der Waals surface area contributed by atoms with Crippen LogP contribution in [0.5, 0.6) is 0 Å². The molecule has 0 radical (unpaired) electrons. The Morgan fingerprint density at radius 1 is 1.50 bits per heavy atom. The van der Waals surface area contributed by atoms with Gasteiger partial charge in [0.2, 0.25) is 0 Å². The zero-order chi connectivity index (χ0) is 13.7. The van der Waals surface area contributed by atoms with E-state index in [0.717, 1.165) is 0 Å². The second-order valence-electron chi connectivity index (χ2n) is 3.57. The van der Waals surface area contributed by atoms with Gasteiger partial charge in [-0.2, -0.15) is 0 Å². The number of carbonyl (C=O) groups excluding carboxylic acids is 2. The van der Waals surface area contributed by atoms with Crippen molar-refractivity contribution in [2.75, 3.05) is 18.7 Å². The molecule has 0 aliphatic heterocycles. The Kier molecular flexibility index (Phi) is 4.47. The van der Waals surface area contributed by atoms with E-state index in [2.05, 4.69) is 10.2 Å². The Hall–Kier alpha value is -2.31. The number of nitrogens with zero attached hydrogens (tertiary/aromatic N) is 1. The maximum atomic E-state index is 13.1. The highest BCUT2D eigenvalue weighted by molar-refractivity contribution is 5.79. The zero-order valence-electron chi connectivity index (χ0n) is 10.1. The number of primary amides is 1. The molecule has 0 heterocycles. The number of hydrogen-bond donors (Lipinski definition) is 2. The summed E-state index contributed by atoms with van der Waals surface area (Å²) in [7, 11) is 1.22. The summed E-state index contributed by atoms with van der Waals surface area (Å²) in [6.07, 6.45) is 0. The Morgan fingerprint density at radius 2 is 2.17 bits per heavy atom. The van der Waals surface area contributed by atoms with Crippen molar-refractivity contribution in [3.8, 4) is 0 Å². The minimum absolute atomic E-state index is 0.232. The fourth-order valence-corrected chi connectivity index (χ4v) is 1.32. The molecule has 0 aromatic heterocycles. The molecule has 3 N–H and O–H groups in total. The van der Waals surface area contributed by atoms with E-state index in [1.54, 1.807) is 6.92 Å². The van der Waals surface area contributed by atoms with E-state index in [1.807, 2.05) is 0 Å². The summed E-state index contributed by atoms with van der Waals surface area (Å²) in [6, 6.07) is 3.30. The normalized spacial score (nSPS) is 9.72. The van der Waals surface area contributed by atoms with Crippen molar-refractivity contribution in [2.45, 2.75) is 6.92 Å².